The van der Waals surface area contributed by atoms with E-state index in [1.165, 1.54) is 24.8 Å². The van der Waals surface area contributed by atoms with Crippen LogP contribution in [-0.4, -0.2) is 12.1 Å². The fourth-order valence-corrected chi connectivity index (χ4v) is 3.66. The van der Waals surface area contributed by atoms with Crippen LogP contribution in [0, 0.1) is 17.8 Å². The summed E-state index contributed by atoms with van der Waals surface area (Å²) < 4.78 is 5.68. The molecule has 0 unspecified atom stereocenters. The lowest BCUT2D eigenvalue weighted by atomic mass is 9.78. The van der Waals surface area contributed by atoms with Gasteiger partial charge in [0, 0.05) is 6.42 Å². The van der Waals surface area contributed by atoms with Gasteiger partial charge in [-0.15, -0.1) is 0 Å². The van der Waals surface area contributed by atoms with Gasteiger partial charge < -0.3 is 4.74 Å². The van der Waals surface area contributed by atoms with E-state index in [0.717, 1.165) is 6.42 Å². The van der Waals surface area contributed by atoms with Gasteiger partial charge in [0.1, 0.15) is 6.10 Å². The number of hydrogen-bond donors (Lipinski definition) is 0. The molecule has 0 N–H and O–H groups in total. The molecule has 96 valence electrons. The van der Waals surface area contributed by atoms with Gasteiger partial charge in [-0.3, -0.25) is 4.79 Å². The van der Waals surface area contributed by atoms with Crippen LogP contribution in [-0.2, 0) is 16.0 Å². The highest BCUT2D eigenvalue weighted by atomic mass is 16.5. The van der Waals surface area contributed by atoms with Crippen LogP contribution in [0.4, 0.5) is 0 Å². The van der Waals surface area contributed by atoms with E-state index in [0.29, 0.717) is 11.8 Å². The van der Waals surface area contributed by atoms with Gasteiger partial charge in [-0.25, -0.2) is 0 Å². The molecule has 1 heterocycles. The Morgan fingerprint density at radius 1 is 1.17 bits per heavy atom. The Morgan fingerprint density at radius 3 is 2.67 bits per heavy atom. The number of rotatable bonds is 2. The lowest BCUT2D eigenvalue weighted by Crippen LogP contribution is -2.42. The summed E-state index contributed by atoms with van der Waals surface area (Å²) in [7, 11) is 0. The Morgan fingerprint density at radius 2 is 1.89 bits per heavy atom. The molecule has 1 saturated carbocycles. The summed E-state index contributed by atoms with van der Waals surface area (Å²) in [6, 6.07) is 10.4. The SMILES string of the molecule is C[C@@H]1C(=O)O[C@@H](Cc2ccccc2)[C@@H]2CCC[C@@H]21. The average Bonchev–Trinajstić information content (AvgIpc) is 2.86. The van der Waals surface area contributed by atoms with E-state index in [9.17, 15) is 4.79 Å². The second-order valence-corrected chi connectivity index (χ2v) is 5.71. The van der Waals surface area contributed by atoms with Crippen molar-refractivity contribution in [2.75, 3.05) is 0 Å². The number of cyclic esters (lactones) is 1. The molecule has 0 spiro atoms. The summed E-state index contributed by atoms with van der Waals surface area (Å²) in [5, 5.41) is 0. The van der Waals surface area contributed by atoms with Gasteiger partial charge in [-0.1, -0.05) is 43.7 Å². The first-order valence-corrected chi connectivity index (χ1v) is 7.00. The molecular weight excluding hydrogens is 224 g/mol. The molecular formula is C16H20O2. The van der Waals surface area contributed by atoms with Crippen LogP contribution in [0.25, 0.3) is 0 Å². The van der Waals surface area contributed by atoms with Crippen LogP contribution < -0.4 is 0 Å². The molecule has 2 heteroatoms. The second-order valence-electron chi connectivity index (χ2n) is 5.71. The number of ether oxygens (including phenoxy) is 1. The fourth-order valence-electron chi connectivity index (χ4n) is 3.66. The summed E-state index contributed by atoms with van der Waals surface area (Å²) in [5.74, 6) is 1.25. The molecule has 1 aromatic carbocycles. The van der Waals surface area contributed by atoms with Crippen molar-refractivity contribution < 1.29 is 9.53 Å². The Hall–Kier alpha value is -1.31. The molecule has 1 aliphatic heterocycles. The topological polar surface area (TPSA) is 26.3 Å². The van der Waals surface area contributed by atoms with Crippen molar-refractivity contribution >= 4 is 5.97 Å². The summed E-state index contributed by atoms with van der Waals surface area (Å²) >= 11 is 0. The van der Waals surface area contributed by atoms with Gasteiger partial charge in [0.15, 0.2) is 0 Å². The highest BCUT2D eigenvalue weighted by molar-refractivity contribution is 5.73. The van der Waals surface area contributed by atoms with Crippen LogP contribution in [0.1, 0.15) is 31.7 Å². The molecule has 2 fully saturated rings. The molecule has 1 aliphatic carbocycles. The van der Waals surface area contributed by atoms with Crippen LogP contribution >= 0.6 is 0 Å². The zero-order valence-corrected chi connectivity index (χ0v) is 10.8. The van der Waals surface area contributed by atoms with Crippen molar-refractivity contribution in [3.8, 4) is 0 Å². The monoisotopic (exact) mass is 244 g/mol. The Bertz CT molecular complexity index is 426. The lowest BCUT2D eigenvalue weighted by Gasteiger charge is -2.37. The minimum atomic E-state index is 0.0130. The largest absolute Gasteiger partial charge is 0.461 e. The third-order valence-corrected chi connectivity index (χ3v) is 4.66. The van der Waals surface area contributed by atoms with Crippen LogP contribution in [0.2, 0.25) is 0 Å². The number of fused-ring (bicyclic) bond motifs is 1. The standard InChI is InChI=1S/C16H20O2/c1-11-13-8-5-9-14(13)15(18-16(11)17)10-12-6-3-2-4-7-12/h2-4,6-7,11,13-15H,5,8-10H2,1H3/t11-,13+,14+,15-/m0/s1. The minimum Gasteiger partial charge on any atom is -0.461 e. The van der Waals surface area contributed by atoms with Gasteiger partial charge in [-0.2, -0.15) is 0 Å². The van der Waals surface area contributed by atoms with Crippen molar-refractivity contribution in [1.82, 2.24) is 0 Å². The van der Waals surface area contributed by atoms with Gasteiger partial charge in [0.2, 0.25) is 0 Å². The van der Waals surface area contributed by atoms with Gasteiger partial charge in [0.25, 0.3) is 0 Å². The Labute approximate surface area is 108 Å². The predicted octanol–water partition coefficient (Wildman–Crippen LogP) is 3.21. The Balaban J connectivity index is 1.77. The smallest absolute Gasteiger partial charge is 0.309 e. The minimum absolute atomic E-state index is 0.0130. The van der Waals surface area contributed by atoms with E-state index in [4.69, 9.17) is 4.74 Å². The van der Waals surface area contributed by atoms with Crippen molar-refractivity contribution in [1.29, 1.82) is 0 Å². The van der Waals surface area contributed by atoms with E-state index in [1.54, 1.807) is 0 Å². The first-order valence-electron chi connectivity index (χ1n) is 7.00. The van der Waals surface area contributed by atoms with E-state index >= 15 is 0 Å². The fraction of sp³-hybridized carbons (Fsp3) is 0.562. The average molecular weight is 244 g/mol. The molecule has 4 atom stereocenters. The van der Waals surface area contributed by atoms with Crippen LogP contribution in [0.15, 0.2) is 30.3 Å². The third kappa shape index (κ3) is 2.05. The van der Waals surface area contributed by atoms with Crippen molar-refractivity contribution in [2.45, 2.75) is 38.7 Å². The molecule has 2 aliphatic rings. The van der Waals surface area contributed by atoms with E-state index in [2.05, 4.69) is 24.3 Å². The summed E-state index contributed by atoms with van der Waals surface area (Å²) in [4.78, 5) is 11.9. The molecule has 0 radical (unpaired) electrons. The van der Waals surface area contributed by atoms with Gasteiger partial charge >= 0.3 is 5.97 Å². The molecule has 0 bridgehead atoms. The normalized spacial score (nSPS) is 35.1. The van der Waals surface area contributed by atoms with Gasteiger partial charge in [0.05, 0.1) is 5.92 Å². The quantitative estimate of drug-likeness (QED) is 0.747. The predicted molar refractivity (Wildman–Crippen MR) is 70.0 cm³/mol. The van der Waals surface area contributed by atoms with Gasteiger partial charge in [-0.05, 0) is 30.2 Å². The molecule has 0 amide bonds. The highest BCUT2D eigenvalue weighted by Gasteiger charge is 2.45. The number of benzene rings is 1. The third-order valence-electron chi connectivity index (χ3n) is 4.66. The summed E-state index contributed by atoms with van der Waals surface area (Å²) in [5.41, 5.74) is 1.27. The zero-order chi connectivity index (χ0) is 12.5. The zero-order valence-electron chi connectivity index (χ0n) is 10.8. The van der Waals surface area contributed by atoms with Crippen LogP contribution in [0.3, 0.4) is 0 Å². The molecule has 0 aromatic heterocycles. The molecule has 18 heavy (non-hydrogen) atoms. The van der Waals surface area contributed by atoms with Crippen LogP contribution in [0.5, 0.6) is 0 Å². The lowest BCUT2D eigenvalue weighted by molar-refractivity contribution is -0.169. The molecule has 1 saturated heterocycles. The number of esters is 1. The number of hydrogen-bond acceptors (Lipinski definition) is 2. The molecule has 2 nitrogen and oxygen atoms in total. The maximum Gasteiger partial charge on any atom is 0.309 e. The van der Waals surface area contributed by atoms with E-state index in [-0.39, 0.29) is 18.0 Å². The molecule has 3 rings (SSSR count). The van der Waals surface area contributed by atoms with E-state index < -0.39 is 0 Å². The Kier molecular flexibility index (Phi) is 3.11. The molecule has 1 aromatic rings. The first kappa shape index (κ1) is 11.8. The van der Waals surface area contributed by atoms with E-state index in [1.807, 2.05) is 13.0 Å². The first-order chi connectivity index (χ1) is 8.75. The number of carbonyl (C=O) groups excluding carboxylic acids is 1. The number of carbonyl (C=O) groups is 1. The van der Waals surface area contributed by atoms with Crippen molar-refractivity contribution in [3.63, 3.8) is 0 Å². The van der Waals surface area contributed by atoms with Crippen molar-refractivity contribution in [3.05, 3.63) is 35.9 Å². The summed E-state index contributed by atoms with van der Waals surface area (Å²) in [6.45, 7) is 2.03. The summed E-state index contributed by atoms with van der Waals surface area (Å²) in [6.07, 6.45) is 4.65. The highest BCUT2D eigenvalue weighted by Crippen LogP contribution is 2.44. The maximum atomic E-state index is 11.9. The second kappa shape index (κ2) is 4.75. The van der Waals surface area contributed by atoms with Crippen molar-refractivity contribution in [2.24, 2.45) is 17.8 Å². The maximum absolute atomic E-state index is 11.9.